The van der Waals surface area contributed by atoms with E-state index in [1.54, 1.807) is 37.4 Å². The van der Waals surface area contributed by atoms with Crippen LogP contribution in [0.2, 0.25) is 0 Å². The number of nitrogens with two attached hydrogens (primary N) is 1. The van der Waals surface area contributed by atoms with Gasteiger partial charge in [-0.2, -0.15) is 0 Å². The number of carbonyl (C=O) groups excluding carboxylic acids is 1. The Morgan fingerprint density at radius 3 is 2.28 bits per heavy atom. The van der Waals surface area contributed by atoms with Crippen molar-refractivity contribution in [1.82, 2.24) is 0 Å². The lowest BCUT2D eigenvalue weighted by Gasteiger charge is -2.05. The molecule has 0 heterocycles. The zero-order chi connectivity index (χ0) is 13.1. The van der Waals surface area contributed by atoms with Crippen molar-refractivity contribution in [3.05, 3.63) is 53.6 Å². The predicted octanol–water partition coefficient (Wildman–Crippen LogP) is 2.21. The fourth-order valence-corrected chi connectivity index (χ4v) is 1.59. The number of anilines is 1. The molecule has 0 spiro atoms. The van der Waals surface area contributed by atoms with E-state index in [9.17, 15) is 9.90 Å². The topological polar surface area (TPSA) is 72.5 Å². The Balaban J connectivity index is 2.32. The zero-order valence-corrected chi connectivity index (χ0v) is 9.88. The van der Waals surface area contributed by atoms with Crippen LogP contribution in [0, 0.1) is 0 Å². The van der Waals surface area contributed by atoms with Gasteiger partial charge < -0.3 is 15.6 Å². The second-order valence-corrected chi connectivity index (χ2v) is 3.83. The summed E-state index contributed by atoms with van der Waals surface area (Å²) in [5.74, 6) is 0.425. The third kappa shape index (κ3) is 2.27. The van der Waals surface area contributed by atoms with E-state index >= 15 is 0 Å². The van der Waals surface area contributed by atoms with Crippen molar-refractivity contribution in [2.45, 2.75) is 0 Å². The van der Waals surface area contributed by atoms with Crippen molar-refractivity contribution in [2.75, 3.05) is 12.8 Å². The maximum absolute atomic E-state index is 12.1. The first kappa shape index (κ1) is 12.0. The van der Waals surface area contributed by atoms with Gasteiger partial charge >= 0.3 is 0 Å². The van der Waals surface area contributed by atoms with Crippen molar-refractivity contribution in [2.24, 2.45) is 0 Å². The smallest absolute Gasteiger partial charge is 0.193 e. The summed E-state index contributed by atoms with van der Waals surface area (Å²) < 4.78 is 5.02. The number of methoxy groups -OCH3 is 1. The van der Waals surface area contributed by atoms with Crippen molar-refractivity contribution < 1.29 is 14.6 Å². The molecule has 4 heteroatoms. The standard InChI is InChI=1S/C14H13NO3/c1-18-11-5-2-9(3-6-11)14(17)10-4-7-12(15)13(16)8-10/h2-8,16H,15H2,1H3. The highest BCUT2D eigenvalue weighted by Gasteiger charge is 2.10. The lowest BCUT2D eigenvalue weighted by molar-refractivity contribution is 0.103. The summed E-state index contributed by atoms with van der Waals surface area (Å²) in [7, 11) is 1.56. The molecule has 92 valence electrons. The van der Waals surface area contributed by atoms with E-state index in [1.165, 1.54) is 12.1 Å². The van der Waals surface area contributed by atoms with Crippen LogP contribution in [-0.2, 0) is 0 Å². The van der Waals surface area contributed by atoms with Crippen molar-refractivity contribution in [3.63, 3.8) is 0 Å². The minimum Gasteiger partial charge on any atom is -0.506 e. The van der Waals surface area contributed by atoms with Crippen LogP contribution >= 0.6 is 0 Å². The molecule has 2 aromatic rings. The lowest BCUT2D eigenvalue weighted by Crippen LogP contribution is -2.01. The highest BCUT2D eigenvalue weighted by Crippen LogP contribution is 2.23. The van der Waals surface area contributed by atoms with Gasteiger partial charge in [-0.05, 0) is 42.5 Å². The molecule has 0 aromatic heterocycles. The number of hydrogen-bond donors (Lipinski definition) is 2. The van der Waals surface area contributed by atoms with Gasteiger partial charge in [0.1, 0.15) is 11.5 Å². The second kappa shape index (κ2) is 4.79. The molecule has 0 amide bonds. The Kier molecular flexibility index (Phi) is 3.19. The lowest BCUT2D eigenvalue weighted by atomic mass is 10.0. The molecular formula is C14H13NO3. The van der Waals surface area contributed by atoms with Crippen LogP contribution in [0.5, 0.6) is 11.5 Å². The van der Waals surface area contributed by atoms with Gasteiger partial charge in [-0.3, -0.25) is 4.79 Å². The molecule has 0 aliphatic rings. The van der Waals surface area contributed by atoms with Crippen LogP contribution in [0.4, 0.5) is 5.69 Å². The summed E-state index contributed by atoms with van der Waals surface area (Å²) in [5, 5.41) is 9.48. The molecule has 4 nitrogen and oxygen atoms in total. The van der Waals surface area contributed by atoms with Gasteiger partial charge in [0.15, 0.2) is 5.78 Å². The average molecular weight is 243 g/mol. The van der Waals surface area contributed by atoms with Crippen LogP contribution in [0.15, 0.2) is 42.5 Å². The number of nitrogen functional groups attached to an aromatic ring is 1. The molecule has 2 rings (SSSR count). The van der Waals surface area contributed by atoms with Crippen LogP contribution in [0.3, 0.4) is 0 Å². The van der Waals surface area contributed by atoms with E-state index in [1.807, 2.05) is 0 Å². The molecule has 0 unspecified atom stereocenters. The second-order valence-electron chi connectivity index (χ2n) is 3.83. The van der Waals surface area contributed by atoms with Gasteiger partial charge in [0.2, 0.25) is 0 Å². The monoisotopic (exact) mass is 243 g/mol. The first-order chi connectivity index (χ1) is 8.61. The van der Waals surface area contributed by atoms with Crippen molar-refractivity contribution >= 4 is 11.5 Å². The average Bonchev–Trinajstić information content (AvgIpc) is 2.41. The summed E-state index contributed by atoms with van der Waals surface area (Å²) >= 11 is 0. The van der Waals surface area contributed by atoms with E-state index in [4.69, 9.17) is 10.5 Å². The van der Waals surface area contributed by atoms with E-state index in [-0.39, 0.29) is 17.2 Å². The van der Waals surface area contributed by atoms with Gasteiger partial charge in [0.25, 0.3) is 0 Å². The largest absolute Gasteiger partial charge is 0.506 e. The highest BCUT2D eigenvalue weighted by molar-refractivity contribution is 6.09. The number of phenolic OH excluding ortho intramolecular Hbond substituents is 1. The number of aromatic hydroxyl groups is 1. The van der Waals surface area contributed by atoms with Crippen LogP contribution in [-0.4, -0.2) is 18.0 Å². The molecule has 0 aliphatic heterocycles. The summed E-state index contributed by atoms with van der Waals surface area (Å²) in [6.45, 7) is 0. The van der Waals surface area contributed by atoms with Gasteiger partial charge in [-0.15, -0.1) is 0 Å². The first-order valence-corrected chi connectivity index (χ1v) is 5.39. The maximum atomic E-state index is 12.1. The predicted molar refractivity (Wildman–Crippen MR) is 68.9 cm³/mol. The van der Waals surface area contributed by atoms with Crippen molar-refractivity contribution in [3.8, 4) is 11.5 Å². The van der Waals surface area contributed by atoms with Gasteiger partial charge in [-0.1, -0.05) is 0 Å². The molecular weight excluding hydrogens is 230 g/mol. The Morgan fingerprint density at radius 2 is 1.72 bits per heavy atom. The molecule has 18 heavy (non-hydrogen) atoms. The Hall–Kier alpha value is -2.49. The van der Waals surface area contributed by atoms with Crippen LogP contribution < -0.4 is 10.5 Å². The third-order valence-corrected chi connectivity index (χ3v) is 2.64. The number of carbonyl (C=O) groups is 1. The number of benzene rings is 2. The van der Waals surface area contributed by atoms with E-state index in [0.717, 1.165) is 0 Å². The quantitative estimate of drug-likeness (QED) is 0.492. The summed E-state index contributed by atoms with van der Waals surface area (Å²) in [6, 6.07) is 11.2. The Bertz CT molecular complexity index is 576. The van der Waals surface area contributed by atoms with Gasteiger partial charge in [0.05, 0.1) is 12.8 Å². The number of rotatable bonds is 3. The molecule has 2 aromatic carbocycles. The first-order valence-electron chi connectivity index (χ1n) is 5.39. The van der Waals surface area contributed by atoms with Gasteiger partial charge in [0, 0.05) is 11.1 Å². The summed E-state index contributed by atoms with van der Waals surface area (Å²) in [4.78, 5) is 12.1. The Labute approximate surface area is 105 Å². The normalized spacial score (nSPS) is 10.1. The van der Waals surface area contributed by atoms with E-state index in [0.29, 0.717) is 16.9 Å². The van der Waals surface area contributed by atoms with Crippen LogP contribution in [0.25, 0.3) is 0 Å². The summed E-state index contributed by atoms with van der Waals surface area (Å²) in [6.07, 6.45) is 0. The highest BCUT2D eigenvalue weighted by atomic mass is 16.5. The molecule has 0 saturated heterocycles. The number of hydrogen-bond acceptors (Lipinski definition) is 4. The van der Waals surface area contributed by atoms with Crippen molar-refractivity contribution in [1.29, 1.82) is 0 Å². The minimum absolute atomic E-state index is 0.0886. The number of ketones is 1. The SMILES string of the molecule is COc1ccc(C(=O)c2ccc(N)c(O)c2)cc1. The minimum atomic E-state index is -0.173. The van der Waals surface area contributed by atoms with E-state index < -0.39 is 0 Å². The molecule has 0 fully saturated rings. The molecule has 0 atom stereocenters. The molecule has 0 aliphatic carbocycles. The third-order valence-electron chi connectivity index (χ3n) is 2.64. The fourth-order valence-electron chi connectivity index (χ4n) is 1.59. The molecule has 0 saturated carbocycles. The number of ether oxygens (including phenoxy) is 1. The number of phenols is 1. The van der Waals surface area contributed by atoms with E-state index in [2.05, 4.69) is 0 Å². The van der Waals surface area contributed by atoms with Gasteiger partial charge in [-0.25, -0.2) is 0 Å². The summed E-state index contributed by atoms with van der Waals surface area (Å²) in [5.41, 5.74) is 6.66. The molecule has 0 bridgehead atoms. The zero-order valence-electron chi connectivity index (χ0n) is 9.88. The molecule has 0 radical (unpaired) electrons. The maximum Gasteiger partial charge on any atom is 0.193 e. The molecule has 3 N–H and O–H groups in total. The van der Waals surface area contributed by atoms with Crippen LogP contribution in [0.1, 0.15) is 15.9 Å². The Morgan fingerprint density at radius 1 is 1.11 bits per heavy atom. The fraction of sp³-hybridized carbons (Fsp3) is 0.0714.